The van der Waals surface area contributed by atoms with E-state index >= 15 is 0 Å². The van der Waals surface area contributed by atoms with Crippen molar-refractivity contribution in [3.05, 3.63) is 54.1 Å². The maximum absolute atomic E-state index is 11.4. The molecule has 3 nitrogen and oxygen atoms in total. The van der Waals surface area contributed by atoms with Gasteiger partial charge in [-0.1, -0.05) is 101 Å². The maximum atomic E-state index is 11.4. The Morgan fingerprint density at radius 2 is 1.37 bits per heavy atom. The first-order chi connectivity index (χ1) is 17.2. The SMILES string of the molecule is CCCCCCCCCCC1CCN(CCCOc2ccc(-c3ccc(C(C)=O)cc3)cc2)CC1. The van der Waals surface area contributed by atoms with E-state index in [0.29, 0.717) is 0 Å². The summed E-state index contributed by atoms with van der Waals surface area (Å²) in [6, 6.07) is 16.1. The number of ether oxygens (including phenoxy) is 1. The van der Waals surface area contributed by atoms with Crippen molar-refractivity contribution in [2.45, 2.75) is 90.9 Å². The molecule has 0 aromatic heterocycles. The Hall–Kier alpha value is -2.13. The summed E-state index contributed by atoms with van der Waals surface area (Å²) in [7, 11) is 0. The number of ketones is 1. The summed E-state index contributed by atoms with van der Waals surface area (Å²) < 4.78 is 6.00. The van der Waals surface area contributed by atoms with Gasteiger partial charge >= 0.3 is 0 Å². The van der Waals surface area contributed by atoms with Crippen LogP contribution >= 0.6 is 0 Å². The van der Waals surface area contributed by atoms with Crippen LogP contribution in [0.4, 0.5) is 0 Å². The van der Waals surface area contributed by atoms with Gasteiger partial charge in [0.1, 0.15) is 5.75 Å². The molecule has 0 aliphatic carbocycles. The van der Waals surface area contributed by atoms with Gasteiger partial charge in [-0.2, -0.15) is 0 Å². The Labute approximate surface area is 214 Å². The van der Waals surface area contributed by atoms with Crippen molar-refractivity contribution >= 4 is 5.78 Å². The fourth-order valence-electron chi connectivity index (χ4n) is 5.18. The Morgan fingerprint density at radius 1 is 0.800 bits per heavy atom. The van der Waals surface area contributed by atoms with Crippen LogP contribution in [0.3, 0.4) is 0 Å². The summed E-state index contributed by atoms with van der Waals surface area (Å²) in [5, 5.41) is 0. The topological polar surface area (TPSA) is 29.5 Å². The summed E-state index contributed by atoms with van der Waals surface area (Å²) >= 11 is 0. The molecule has 1 aliphatic heterocycles. The van der Waals surface area contributed by atoms with Gasteiger partial charge in [-0.3, -0.25) is 4.79 Å². The molecule has 0 N–H and O–H groups in total. The second-order valence-electron chi connectivity index (χ2n) is 10.4. The summed E-state index contributed by atoms with van der Waals surface area (Å²) in [6.45, 7) is 8.33. The minimum absolute atomic E-state index is 0.100. The maximum Gasteiger partial charge on any atom is 0.159 e. The molecule has 0 atom stereocenters. The molecule has 0 spiro atoms. The third-order valence-electron chi connectivity index (χ3n) is 7.54. The molecular formula is C32H47NO2. The van der Waals surface area contributed by atoms with E-state index in [2.05, 4.69) is 24.0 Å². The molecule has 1 saturated heterocycles. The summed E-state index contributed by atoms with van der Waals surface area (Å²) in [4.78, 5) is 14.1. The number of carbonyl (C=O) groups excluding carboxylic acids is 1. The number of rotatable bonds is 16. The first-order valence-corrected chi connectivity index (χ1v) is 14.2. The van der Waals surface area contributed by atoms with Crippen LogP contribution in [0.1, 0.15) is 101 Å². The second kappa shape index (κ2) is 15.8. The number of hydrogen-bond acceptors (Lipinski definition) is 3. The molecule has 1 heterocycles. The van der Waals surface area contributed by atoms with Crippen molar-refractivity contribution in [2.75, 3.05) is 26.2 Å². The van der Waals surface area contributed by atoms with Crippen molar-refractivity contribution in [1.82, 2.24) is 4.90 Å². The zero-order valence-corrected chi connectivity index (χ0v) is 22.3. The van der Waals surface area contributed by atoms with Gasteiger partial charge < -0.3 is 9.64 Å². The molecule has 0 amide bonds. The van der Waals surface area contributed by atoms with Crippen LogP contribution in [-0.4, -0.2) is 36.9 Å². The number of unbranched alkanes of at least 4 members (excludes halogenated alkanes) is 7. The Kier molecular flexibility index (Phi) is 12.4. The van der Waals surface area contributed by atoms with Gasteiger partial charge in [0.2, 0.25) is 0 Å². The lowest BCUT2D eigenvalue weighted by Crippen LogP contribution is -2.34. The predicted octanol–water partition coefficient (Wildman–Crippen LogP) is 8.57. The molecule has 35 heavy (non-hydrogen) atoms. The van der Waals surface area contributed by atoms with Crippen LogP contribution in [0.15, 0.2) is 48.5 Å². The molecule has 1 aliphatic rings. The van der Waals surface area contributed by atoms with Crippen LogP contribution in [0.25, 0.3) is 11.1 Å². The van der Waals surface area contributed by atoms with Gasteiger partial charge in [0.05, 0.1) is 6.61 Å². The average Bonchev–Trinajstić information content (AvgIpc) is 2.89. The van der Waals surface area contributed by atoms with Crippen LogP contribution in [-0.2, 0) is 0 Å². The molecule has 192 valence electrons. The number of benzene rings is 2. The number of nitrogens with zero attached hydrogens (tertiary/aromatic N) is 1. The molecule has 2 aromatic carbocycles. The highest BCUT2D eigenvalue weighted by Crippen LogP contribution is 2.25. The quantitative estimate of drug-likeness (QED) is 0.179. The minimum Gasteiger partial charge on any atom is -0.494 e. The smallest absolute Gasteiger partial charge is 0.159 e. The molecule has 0 bridgehead atoms. The highest BCUT2D eigenvalue weighted by Gasteiger charge is 2.18. The highest BCUT2D eigenvalue weighted by molar-refractivity contribution is 5.94. The predicted molar refractivity (Wildman–Crippen MR) is 148 cm³/mol. The Bertz CT molecular complexity index is 835. The molecule has 3 heteroatoms. The number of likely N-dealkylation sites (tertiary alicyclic amines) is 1. The van der Waals surface area contributed by atoms with E-state index < -0.39 is 0 Å². The van der Waals surface area contributed by atoms with Gasteiger partial charge in [0.25, 0.3) is 0 Å². The minimum atomic E-state index is 0.100. The molecular weight excluding hydrogens is 430 g/mol. The van der Waals surface area contributed by atoms with Gasteiger partial charge in [0, 0.05) is 12.1 Å². The molecule has 0 saturated carbocycles. The van der Waals surface area contributed by atoms with Gasteiger partial charge in [-0.15, -0.1) is 0 Å². The number of hydrogen-bond donors (Lipinski definition) is 0. The van der Waals surface area contributed by atoms with E-state index in [0.717, 1.165) is 47.9 Å². The van der Waals surface area contributed by atoms with E-state index in [-0.39, 0.29) is 5.78 Å². The van der Waals surface area contributed by atoms with Crippen LogP contribution in [0, 0.1) is 5.92 Å². The fourth-order valence-corrected chi connectivity index (χ4v) is 5.18. The van der Waals surface area contributed by atoms with Crippen LogP contribution in [0.2, 0.25) is 0 Å². The zero-order valence-electron chi connectivity index (χ0n) is 22.3. The zero-order chi connectivity index (χ0) is 24.7. The molecule has 0 unspecified atom stereocenters. The van der Waals surface area contributed by atoms with Crippen LogP contribution < -0.4 is 4.74 Å². The van der Waals surface area contributed by atoms with Crippen molar-refractivity contribution in [1.29, 1.82) is 0 Å². The summed E-state index contributed by atoms with van der Waals surface area (Å²) in [5.74, 6) is 1.99. The standard InChI is InChI=1S/C32H47NO2/c1-3-4-5-6-7-8-9-10-12-28-21-24-33(25-22-28)23-11-26-35-32-19-17-31(18-20-32)30-15-13-29(14-16-30)27(2)34/h13-20,28H,3-12,21-26H2,1-2H3. The third kappa shape index (κ3) is 10.2. The number of carbonyl (C=O) groups is 1. The van der Waals surface area contributed by atoms with Crippen molar-refractivity contribution in [2.24, 2.45) is 5.92 Å². The lowest BCUT2D eigenvalue weighted by Gasteiger charge is -2.32. The van der Waals surface area contributed by atoms with E-state index in [1.54, 1.807) is 6.92 Å². The average molecular weight is 478 g/mol. The monoisotopic (exact) mass is 477 g/mol. The number of Topliss-reactive ketones (excluding diaryl/α,β-unsaturated/α-hetero) is 1. The van der Waals surface area contributed by atoms with E-state index in [9.17, 15) is 4.79 Å². The first kappa shape index (κ1) is 27.5. The highest BCUT2D eigenvalue weighted by atomic mass is 16.5. The van der Waals surface area contributed by atoms with Crippen LogP contribution in [0.5, 0.6) is 5.75 Å². The van der Waals surface area contributed by atoms with Gasteiger partial charge in [-0.25, -0.2) is 0 Å². The molecule has 1 fully saturated rings. The normalized spacial score (nSPS) is 14.8. The van der Waals surface area contributed by atoms with E-state index in [1.165, 1.54) is 83.7 Å². The summed E-state index contributed by atoms with van der Waals surface area (Å²) in [5.41, 5.74) is 3.01. The van der Waals surface area contributed by atoms with E-state index in [1.807, 2.05) is 36.4 Å². The number of piperidine rings is 1. The van der Waals surface area contributed by atoms with Gasteiger partial charge in [-0.05, 0) is 68.5 Å². The molecule has 2 aromatic rings. The molecule has 3 rings (SSSR count). The second-order valence-corrected chi connectivity index (χ2v) is 10.4. The molecule has 0 radical (unpaired) electrons. The Balaban J connectivity index is 1.23. The lowest BCUT2D eigenvalue weighted by atomic mass is 9.91. The fraction of sp³-hybridized carbons (Fsp3) is 0.594. The van der Waals surface area contributed by atoms with Gasteiger partial charge in [0.15, 0.2) is 5.78 Å². The third-order valence-corrected chi connectivity index (χ3v) is 7.54. The van der Waals surface area contributed by atoms with Crippen molar-refractivity contribution in [3.8, 4) is 16.9 Å². The Morgan fingerprint density at radius 3 is 1.97 bits per heavy atom. The van der Waals surface area contributed by atoms with Crippen molar-refractivity contribution in [3.63, 3.8) is 0 Å². The van der Waals surface area contributed by atoms with Crippen molar-refractivity contribution < 1.29 is 9.53 Å². The lowest BCUT2D eigenvalue weighted by molar-refractivity contribution is 0.101. The summed E-state index contributed by atoms with van der Waals surface area (Å²) in [6.07, 6.45) is 16.7. The first-order valence-electron chi connectivity index (χ1n) is 14.2. The van der Waals surface area contributed by atoms with E-state index in [4.69, 9.17) is 4.74 Å². The largest absolute Gasteiger partial charge is 0.494 e.